The van der Waals surface area contributed by atoms with Crippen molar-refractivity contribution < 1.29 is 4.57 Å². The van der Waals surface area contributed by atoms with Gasteiger partial charge < -0.3 is 0 Å². The Labute approximate surface area is 361 Å². The van der Waals surface area contributed by atoms with Crippen LogP contribution in [-0.2, 0) is 0 Å². The highest BCUT2D eigenvalue weighted by Crippen LogP contribution is 2.27. The molecule has 2 nitrogen and oxygen atoms in total. The van der Waals surface area contributed by atoms with Crippen molar-refractivity contribution in [2.24, 2.45) is 17.8 Å². The maximum Gasteiger partial charge on any atom is 0.241 e. The molecule has 0 saturated carbocycles. The summed E-state index contributed by atoms with van der Waals surface area (Å²) in [4.78, 5) is 3.34. The largest absolute Gasteiger partial charge is 0.250 e. The van der Waals surface area contributed by atoms with Crippen LogP contribution in [0, 0.1) is 17.8 Å². The van der Waals surface area contributed by atoms with E-state index < -0.39 is 0 Å². The Morgan fingerprint density at radius 2 is 0.702 bits per heavy atom. The highest BCUT2D eigenvalue weighted by atomic mass is 15.0. The van der Waals surface area contributed by atoms with E-state index in [1.54, 1.807) is 0 Å². The predicted molar refractivity (Wildman–Crippen MR) is 257 cm³/mol. The van der Waals surface area contributed by atoms with Crippen molar-refractivity contribution in [3.05, 3.63) is 18.7 Å². The minimum atomic E-state index is 0.669. The SMILES string of the molecule is CCCCCCCCCCCCCCCCCCC(CCCCCCCCCCCCCCCCCC)CCCCC(CCC(C)CCCC(C)C)[n+]1cc[nH]c1. The molecule has 0 amide bonds. The summed E-state index contributed by atoms with van der Waals surface area (Å²) in [5.41, 5.74) is 0. The molecule has 0 aliphatic rings. The molecule has 57 heavy (non-hydrogen) atoms. The molecule has 1 rings (SSSR count). The molecule has 2 heteroatoms. The Hall–Kier alpha value is -0.790. The zero-order chi connectivity index (χ0) is 41.1. The van der Waals surface area contributed by atoms with Crippen molar-refractivity contribution in [1.82, 2.24) is 4.98 Å². The van der Waals surface area contributed by atoms with Gasteiger partial charge in [0.2, 0.25) is 6.33 Å². The van der Waals surface area contributed by atoms with Gasteiger partial charge in [0, 0.05) is 0 Å². The molecule has 0 saturated heterocycles. The number of hydrogen-bond acceptors (Lipinski definition) is 0. The second-order valence-corrected chi connectivity index (χ2v) is 20.1. The molecule has 0 aliphatic heterocycles. The summed E-state index contributed by atoms with van der Waals surface area (Å²) in [5, 5.41) is 0. The fraction of sp³-hybridized carbons (Fsp3) is 0.945. The summed E-state index contributed by atoms with van der Waals surface area (Å²) in [5.74, 6) is 2.68. The molecule has 0 bridgehead atoms. The summed E-state index contributed by atoms with van der Waals surface area (Å²) in [6, 6.07) is 0.669. The fourth-order valence-corrected chi connectivity index (χ4v) is 9.67. The number of aromatic nitrogens is 2. The molecule has 1 heterocycles. The monoisotopic (exact) mass is 798 g/mol. The summed E-state index contributed by atoms with van der Waals surface area (Å²) < 4.78 is 2.49. The van der Waals surface area contributed by atoms with Crippen LogP contribution in [0.25, 0.3) is 0 Å². The summed E-state index contributed by atoms with van der Waals surface area (Å²) in [7, 11) is 0. The molecule has 2 atom stereocenters. The average Bonchev–Trinajstić information content (AvgIpc) is 3.75. The Morgan fingerprint density at radius 1 is 0.351 bits per heavy atom. The molecule has 1 N–H and O–H groups in total. The highest BCUT2D eigenvalue weighted by molar-refractivity contribution is 4.66. The Kier molecular flexibility index (Phi) is 41.2. The lowest BCUT2D eigenvalue weighted by atomic mass is 9.88. The number of aromatic amines is 1. The second-order valence-electron chi connectivity index (χ2n) is 20.1. The first-order valence-corrected chi connectivity index (χ1v) is 27.1. The molecule has 1 aromatic heterocycles. The zero-order valence-electron chi connectivity index (χ0n) is 40.4. The minimum absolute atomic E-state index is 0.669. The van der Waals surface area contributed by atoms with E-state index in [1.807, 2.05) is 0 Å². The number of H-pyrrole nitrogens is 1. The first-order valence-electron chi connectivity index (χ1n) is 27.1. The Balaban J connectivity index is 2.30. The van der Waals surface area contributed by atoms with Gasteiger partial charge in [-0.2, -0.15) is 0 Å². The fourth-order valence-electron chi connectivity index (χ4n) is 9.67. The third kappa shape index (κ3) is 37.9. The molecule has 338 valence electrons. The van der Waals surface area contributed by atoms with Crippen LogP contribution in [0.4, 0.5) is 0 Å². The lowest BCUT2D eigenvalue weighted by molar-refractivity contribution is -0.723. The van der Waals surface area contributed by atoms with Gasteiger partial charge in [-0.05, 0) is 43.4 Å². The molecule has 1 aromatic rings. The minimum Gasteiger partial charge on any atom is -0.250 e. The van der Waals surface area contributed by atoms with Crippen LogP contribution < -0.4 is 4.57 Å². The number of hydrogen-bond donors (Lipinski definition) is 1. The average molecular weight is 798 g/mol. The molecule has 2 unspecified atom stereocenters. The van der Waals surface area contributed by atoms with E-state index in [0.29, 0.717) is 6.04 Å². The number of imidazole rings is 1. The lowest BCUT2D eigenvalue weighted by Gasteiger charge is -2.19. The van der Waals surface area contributed by atoms with Crippen molar-refractivity contribution >= 4 is 0 Å². The molecule has 0 spiro atoms. The molecule has 0 radical (unpaired) electrons. The van der Waals surface area contributed by atoms with E-state index in [2.05, 4.69) is 62.9 Å². The molecular formula is C55H109N2+. The third-order valence-electron chi connectivity index (χ3n) is 13.8. The van der Waals surface area contributed by atoms with Crippen molar-refractivity contribution in [3.63, 3.8) is 0 Å². The Morgan fingerprint density at radius 3 is 1.05 bits per heavy atom. The van der Waals surface area contributed by atoms with Gasteiger partial charge in [0.05, 0.1) is 0 Å². The topological polar surface area (TPSA) is 19.7 Å². The van der Waals surface area contributed by atoms with Gasteiger partial charge in [-0.3, -0.25) is 4.98 Å². The zero-order valence-corrected chi connectivity index (χ0v) is 40.4. The van der Waals surface area contributed by atoms with E-state index in [4.69, 9.17) is 0 Å². The molecule has 0 fully saturated rings. The quantitative estimate of drug-likeness (QED) is 0.0501. The van der Waals surface area contributed by atoms with Gasteiger partial charge in [-0.1, -0.05) is 285 Å². The van der Waals surface area contributed by atoms with Crippen molar-refractivity contribution in [2.45, 2.75) is 317 Å². The van der Waals surface area contributed by atoms with Gasteiger partial charge in [0.1, 0.15) is 18.4 Å². The maximum atomic E-state index is 3.34. The van der Waals surface area contributed by atoms with E-state index in [1.165, 1.54) is 276 Å². The Bertz CT molecular complexity index is 824. The molecule has 0 aliphatic carbocycles. The van der Waals surface area contributed by atoms with E-state index >= 15 is 0 Å². The summed E-state index contributed by atoms with van der Waals surface area (Å²) >= 11 is 0. The standard InChI is InChI=1S/C55H108N2/c1-6-8-10-12-14-16-18-20-22-24-26-28-30-32-34-36-43-54(44-37-35-33-31-29-27-25-23-21-19-17-15-13-11-9-7-2)45-38-39-46-55(57-50-49-56-51-57)48-47-53(5)42-40-41-52(3)4/h49-55H,6-48H2,1-5H3/p+1. The maximum absolute atomic E-state index is 3.34. The van der Waals surface area contributed by atoms with E-state index in [9.17, 15) is 0 Å². The summed E-state index contributed by atoms with van der Waals surface area (Å²) in [6.07, 6.45) is 69.3. The first kappa shape index (κ1) is 54.2. The first-order chi connectivity index (χ1) is 28.1. The molecule has 0 aromatic carbocycles. The van der Waals surface area contributed by atoms with Crippen molar-refractivity contribution in [3.8, 4) is 0 Å². The van der Waals surface area contributed by atoms with Crippen LogP contribution in [0.5, 0.6) is 0 Å². The van der Waals surface area contributed by atoms with Gasteiger partial charge in [0.25, 0.3) is 0 Å². The third-order valence-corrected chi connectivity index (χ3v) is 13.8. The predicted octanol–water partition coefficient (Wildman–Crippen LogP) is 19.6. The lowest BCUT2D eigenvalue weighted by Crippen LogP contribution is -2.37. The van der Waals surface area contributed by atoms with Crippen molar-refractivity contribution in [2.75, 3.05) is 0 Å². The normalized spacial score (nSPS) is 13.0. The summed E-state index contributed by atoms with van der Waals surface area (Å²) in [6.45, 7) is 11.9. The van der Waals surface area contributed by atoms with Crippen LogP contribution in [-0.4, -0.2) is 4.98 Å². The number of unbranched alkanes of at least 4 members (excludes halogenated alkanes) is 31. The number of rotatable bonds is 47. The van der Waals surface area contributed by atoms with Gasteiger partial charge >= 0.3 is 0 Å². The van der Waals surface area contributed by atoms with Crippen LogP contribution in [0.3, 0.4) is 0 Å². The van der Waals surface area contributed by atoms with Crippen LogP contribution in [0.15, 0.2) is 18.7 Å². The van der Waals surface area contributed by atoms with Gasteiger partial charge in [-0.15, -0.1) is 0 Å². The number of nitrogens with one attached hydrogen (secondary N) is 1. The van der Waals surface area contributed by atoms with Crippen LogP contribution in [0.1, 0.15) is 317 Å². The van der Waals surface area contributed by atoms with Gasteiger partial charge in [0.15, 0.2) is 0 Å². The van der Waals surface area contributed by atoms with E-state index in [-0.39, 0.29) is 0 Å². The van der Waals surface area contributed by atoms with Crippen LogP contribution in [0.2, 0.25) is 0 Å². The number of nitrogens with zero attached hydrogens (tertiary/aromatic N) is 1. The smallest absolute Gasteiger partial charge is 0.241 e. The highest BCUT2D eigenvalue weighted by Gasteiger charge is 2.18. The second kappa shape index (κ2) is 43.3. The van der Waals surface area contributed by atoms with Crippen LogP contribution >= 0.6 is 0 Å². The van der Waals surface area contributed by atoms with E-state index in [0.717, 1.165) is 17.8 Å². The molecular weight excluding hydrogens is 689 g/mol. The van der Waals surface area contributed by atoms with Gasteiger partial charge in [-0.25, -0.2) is 4.57 Å². The van der Waals surface area contributed by atoms with Crippen molar-refractivity contribution in [1.29, 1.82) is 0 Å².